The van der Waals surface area contributed by atoms with Crippen LogP contribution in [0, 0.1) is 0 Å². The van der Waals surface area contributed by atoms with E-state index in [1.54, 1.807) is 0 Å². The molecule has 9 heteroatoms. The third kappa shape index (κ3) is 5.51. The molecule has 0 aliphatic carbocycles. The van der Waals surface area contributed by atoms with E-state index >= 15 is 0 Å². The lowest BCUT2D eigenvalue weighted by molar-refractivity contribution is 1.18. The van der Waals surface area contributed by atoms with E-state index in [-0.39, 0.29) is 0 Å². The average Bonchev–Trinajstić information content (AvgIpc) is 3.73. The van der Waals surface area contributed by atoms with Gasteiger partial charge in [-0.25, -0.2) is 0 Å². The Morgan fingerprint density at radius 3 is 1.32 bits per heavy atom. The summed E-state index contributed by atoms with van der Waals surface area (Å²) in [4.78, 5) is 0. The van der Waals surface area contributed by atoms with Crippen LogP contribution in [-0.4, -0.2) is 64.1 Å². The van der Waals surface area contributed by atoms with Crippen molar-refractivity contribution in [3.8, 4) is 44.8 Å². The van der Waals surface area contributed by atoms with Gasteiger partial charge in [0.25, 0.3) is 0 Å². The highest BCUT2D eigenvalue weighted by Crippen LogP contribution is 2.38. The fraction of sp³-hybridized carbons (Fsp3) is 0. The van der Waals surface area contributed by atoms with Crippen molar-refractivity contribution in [2.24, 2.45) is 0 Å². The molecule has 10 rings (SSSR count). The Balaban J connectivity index is 1.12. The second kappa shape index (κ2) is 13.5. The Hall–Kier alpha value is -6.19. The van der Waals surface area contributed by atoms with Crippen LogP contribution in [0.5, 0.6) is 0 Å². The first kappa shape index (κ1) is 35.2. The van der Waals surface area contributed by atoms with Crippen LogP contribution < -0.4 is 38.2 Å². The molecule has 57 heavy (non-hydrogen) atoms. The first-order chi connectivity index (χ1) is 27.7. The van der Waals surface area contributed by atoms with Gasteiger partial charge in [0, 0.05) is 32.9 Å². The fourth-order valence-corrected chi connectivity index (χ4v) is 9.84. The standard InChI is InChI=1S/C48H39B7N2/c49-30-24-36(50)42(37(51)25-30)43-44(52)46(54)48(47(55)45(43)53)57-39-13-7-5-11-33(39)35-23-29(17-21-41(35)57)28-16-20-40-34(22-28)32-10-4-6-12-38(32)56(40)31-18-14-27(15-19-31)26-8-2-1-3-9-26/h1-25H,49-55H2. The molecule has 2 nitrogen and oxygen atoms in total. The Labute approximate surface area is 340 Å². The summed E-state index contributed by atoms with van der Waals surface area (Å²) in [6, 6.07) is 56.0. The van der Waals surface area contributed by atoms with E-state index < -0.39 is 0 Å². The van der Waals surface area contributed by atoms with E-state index in [4.69, 9.17) is 0 Å². The third-order valence-corrected chi connectivity index (χ3v) is 12.6. The summed E-state index contributed by atoms with van der Waals surface area (Å²) < 4.78 is 4.93. The maximum Gasteiger partial charge on any atom is 0.141 e. The molecule has 0 saturated heterocycles. The van der Waals surface area contributed by atoms with Gasteiger partial charge in [-0.3, -0.25) is 0 Å². The Morgan fingerprint density at radius 1 is 0.316 bits per heavy atom. The van der Waals surface area contributed by atoms with E-state index in [2.05, 4.69) is 216 Å². The van der Waals surface area contributed by atoms with Crippen molar-refractivity contribution in [2.45, 2.75) is 0 Å². The highest BCUT2D eigenvalue weighted by molar-refractivity contribution is 6.63. The van der Waals surface area contributed by atoms with Gasteiger partial charge in [-0.2, -0.15) is 0 Å². The molecule has 0 radical (unpaired) electrons. The van der Waals surface area contributed by atoms with Crippen LogP contribution in [0.25, 0.3) is 88.4 Å². The van der Waals surface area contributed by atoms with E-state index in [0.717, 1.165) is 5.69 Å². The van der Waals surface area contributed by atoms with Crippen molar-refractivity contribution in [2.75, 3.05) is 0 Å². The Kier molecular flexibility index (Phi) is 8.34. The van der Waals surface area contributed by atoms with Crippen LogP contribution in [-0.2, 0) is 0 Å². The van der Waals surface area contributed by atoms with E-state index in [1.165, 1.54) is 121 Å². The molecular formula is C48H39B7N2. The second-order valence-corrected chi connectivity index (χ2v) is 16.1. The lowest BCUT2D eigenvalue weighted by Crippen LogP contribution is -2.47. The molecule has 0 aliphatic heterocycles. The molecule has 0 amide bonds. The molecule has 8 aromatic carbocycles. The molecule has 0 fully saturated rings. The molecule has 0 bridgehead atoms. The van der Waals surface area contributed by atoms with Gasteiger partial charge in [-0.1, -0.05) is 141 Å². The summed E-state index contributed by atoms with van der Waals surface area (Å²) >= 11 is 0. The molecule has 2 aromatic heterocycles. The minimum atomic E-state index is 1.16. The second-order valence-electron chi connectivity index (χ2n) is 16.1. The van der Waals surface area contributed by atoms with E-state index in [9.17, 15) is 0 Å². The first-order valence-corrected chi connectivity index (χ1v) is 20.1. The molecule has 0 atom stereocenters. The quantitative estimate of drug-likeness (QED) is 0.232. The van der Waals surface area contributed by atoms with Crippen LogP contribution in [0.15, 0.2) is 152 Å². The topological polar surface area (TPSA) is 9.86 Å². The molecule has 262 valence electrons. The summed E-state index contributed by atoms with van der Waals surface area (Å²) in [6.07, 6.45) is 0. The monoisotopic (exact) mass is 720 g/mol. The van der Waals surface area contributed by atoms with Crippen molar-refractivity contribution >= 4 is 137 Å². The number of nitrogens with zero attached hydrogens (tertiary/aromatic N) is 2. The lowest BCUT2D eigenvalue weighted by Gasteiger charge is -2.26. The van der Waals surface area contributed by atoms with Gasteiger partial charge in [0.2, 0.25) is 0 Å². The first-order valence-electron chi connectivity index (χ1n) is 20.1. The van der Waals surface area contributed by atoms with Crippen LogP contribution in [0.2, 0.25) is 0 Å². The maximum atomic E-state index is 2.53. The van der Waals surface area contributed by atoms with Gasteiger partial charge in [0.1, 0.15) is 54.9 Å². The Bertz CT molecular complexity index is 3200. The minimum Gasteiger partial charge on any atom is -0.310 e. The average molecular weight is 720 g/mol. The van der Waals surface area contributed by atoms with E-state index in [0.29, 0.717) is 0 Å². The van der Waals surface area contributed by atoms with Crippen molar-refractivity contribution in [3.05, 3.63) is 152 Å². The molecule has 0 unspecified atom stereocenters. The molecule has 0 N–H and O–H groups in total. The summed E-state index contributed by atoms with van der Waals surface area (Å²) in [7, 11) is 16.0. The number of aromatic nitrogens is 2. The largest absolute Gasteiger partial charge is 0.310 e. The zero-order valence-corrected chi connectivity index (χ0v) is 33.8. The smallest absolute Gasteiger partial charge is 0.141 e. The number of hydrogen-bond acceptors (Lipinski definition) is 0. The lowest BCUT2D eigenvalue weighted by atomic mass is 9.62. The normalized spacial score (nSPS) is 11.6. The summed E-state index contributed by atoms with van der Waals surface area (Å²) in [5.41, 5.74) is 24.4. The van der Waals surface area contributed by atoms with Crippen molar-refractivity contribution in [1.82, 2.24) is 9.13 Å². The molecule has 10 aromatic rings. The summed E-state index contributed by atoms with van der Waals surface area (Å²) in [5, 5.41) is 5.06. The highest BCUT2D eigenvalue weighted by atomic mass is 15.0. The molecule has 0 spiro atoms. The van der Waals surface area contributed by atoms with Crippen LogP contribution in [0.1, 0.15) is 0 Å². The van der Waals surface area contributed by atoms with Crippen molar-refractivity contribution in [3.63, 3.8) is 0 Å². The van der Waals surface area contributed by atoms with Crippen LogP contribution >= 0.6 is 0 Å². The Morgan fingerprint density at radius 2 is 0.754 bits per heavy atom. The van der Waals surface area contributed by atoms with Gasteiger partial charge in [0.15, 0.2) is 0 Å². The molecule has 2 heterocycles. The zero-order valence-electron chi connectivity index (χ0n) is 33.8. The van der Waals surface area contributed by atoms with Crippen LogP contribution in [0.3, 0.4) is 0 Å². The highest BCUT2D eigenvalue weighted by Gasteiger charge is 2.22. The minimum absolute atomic E-state index is 1.16. The van der Waals surface area contributed by atoms with Crippen molar-refractivity contribution < 1.29 is 0 Å². The molecular weight excluding hydrogens is 680 g/mol. The number of rotatable bonds is 5. The predicted molar refractivity (Wildman–Crippen MR) is 269 cm³/mol. The zero-order chi connectivity index (χ0) is 39.1. The molecule has 0 saturated carbocycles. The maximum absolute atomic E-state index is 2.53. The summed E-state index contributed by atoms with van der Waals surface area (Å²) in [6.45, 7) is 0. The van der Waals surface area contributed by atoms with Gasteiger partial charge < -0.3 is 9.13 Å². The fourth-order valence-electron chi connectivity index (χ4n) is 9.84. The molecule has 0 aliphatic rings. The SMILES string of the molecule is Bc1cc(B)c(-c2c(B)c(B)c(-n3c4ccccc4c4cc(-c5ccc6c(c5)c5ccccc5n6-c5ccc(-c6ccccc6)cc5)ccc43)c(B)c2B)c(B)c1. The number of hydrogen-bond donors (Lipinski definition) is 0. The van der Waals surface area contributed by atoms with E-state index in [1.807, 2.05) is 0 Å². The van der Waals surface area contributed by atoms with Gasteiger partial charge in [-0.05, 0) is 81.9 Å². The predicted octanol–water partition coefficient (Wildman–Crippen LogP) is 0.691. The summed E-state index contributed by atoms with van der Waals surface area (Å²) in [5.74, 6) is 0. The third-order valence-electron chi connectivity index (χ3n) is 12.6. The van der Waals surface area contributed by atoms with Gasteiger partial charge in [0.05, 0.1) is 22.1 Å². The number of benzene rings is 8. The number of para-hydroxylation sites is 2. The van der Waals surface area contributed by atoms with Gasteiger partial charge in [-0.15, -0.1) is 0 Å². The van der Waals surface area contributed by atoms with Crippen molar-refractivity contribution in [1.29, 1.82) is 0 Å². The number of fused-ring (bicyclic) bond motifs is 6. The van der Waals surface area contributed by atoms with Crippen LogP contribution in [0.4, 0.5) is 0 Å². The van der Waals surface area contributed by atoms with Gasteiger partial charge >= 0.3 is 0 Å².